The normalized spacial score (nSPS) is 14.7. The molecule has 3 aromatic carbocycles. The fourth-order valence-electron chi connectivity index (χ4n) is 3.32. The fourth-order valence-corrected chi connectivity index (χ4v) is 4.94. The first-order chi connectivity index (χ1) is 16.8. The van der Waals surface area contributed by atoms with Gasteiger partial charge >= 0.3 is 0 Å². The number of rotatable bonds is 7. The SMILES string of the molecule is CCOc1cc(/C=C2/SC(=O)N(c3cccc(Cl)c3)C2=O)cc(Cl)c1OCc1ccc(Cl)c(Cl)c1. The molecule has 3 aromatic rings. The van der Waals surface area contributed by atoms with Gasteiger partial charge in [0, 0.05) is 5.02 Å². The second-order valence-electron chi connectivity index (χ2n) is 7.30. The number of benzene rings is 3. The molecular formula is C25H17Cl4NO4S. The van der Waals surface area contributed by atoms with Crippen LogP contribution in [-0.2, 0) is 11.4 Å². The van der Waals surface area contributed by atoms with Crippen molar-refractivity contribution in [3.8, 4) is 11.5 Å². The number of amides is 2. The molecule has 35 heavy (non-hydrogen) atoms. The van der Waals surface area contributed by atoms with Crippen LogP contribution in [0.3, 0.4) is 0 Å². The van der Waals surface area contributed by atoms with E-state index in [1.165, 1.54) is 0 Å². The minimum Gasteiger partial charge on any atom is -0.490 e. The van der Waals surface area contributed by atoms with Crippen molar-refractivity contribution in [2.24, 2.45) is 0 Å². The predicted octanol–water partition coefficient (Wildman–Crippen LogP) is 8.52. The second-order valence-corrected chi connectivity index (χ2v) is 9.95. The lowest BCUT2D eigenvalue weighted by atomic mass is 10.1. The van der Waals surface area contributed by atoms with E-state index in [2.05, 4.69) is 0 Å². The third kappa shape index (κ3) is 5.90. The van der Waals surface area contributed by atoms with Crippen LogP contribution in [-0.4, -0.2) is 17.8 Å². The van der Waals surface area contributed by atoms with Gasteiger partial charge in [-0.1, -0.05) is 58.5 Å². The molecule has 180 valence electrons. The Labute approximate surface area is 226 Å². The monoisotopic (exact) mass is 567 g/mol. The number of ether oxygens (including phenoxy) is 2. The number of carbonyl (C=O) groups is 2. The van der Waals surface area contributed by atoms with Gasteiger partial charge in [-0.3, -0.25) is 9.59 Å². The second kappa shape index (κ2) is 11.1. The van der Waals surface area contributed by atoms with Crippen molar-refractivity contribution in [1.29, 1.82) is 0 Å². The van der Waals surface area contributed by atoms with Gasteiger partial charge in [0.05, 0.1) is 32.3 Å². The molecular weight excluding hydrogens is 552 g/mol. The van der Waals surface area contributed by atoms with Crippen LogP contribution in [0.5, 0.6) is 11.5 Å². The molecule has 0 atom stereocenters. The van der Waals surface area contributed by atoms with Crippen molar-refractivity contribution in [2.75, 3.05) is 11.5 Å². The summed E-state index contributed by atoms with van der Waals surface area (Å²) < 4.78 is 11.7. The Morgan fingerprint density at radius 1 is 0.914 bits per heavy atom. The van der Waals surface area contributed by atoms with Crippen molar-refractivity contribution in [3.05, 3.63) is 90.7 Å². The first-order valence-corrected chi connectivity index (χ1v) is 12.7. The van der Waals surface area contributed by atoms with Gasteiger partial charge in [0.15, 0.2) is 11.5 Å². The highest BCUT2D eigenvalue weighted by Gasteiger charge is 2.36. The molecule has 1 aliphatic heterocycles. The molecule has 2 amide bonds. The number of carbonyl (C=O) groups excluding carboxylic acids is 2. The first-order valence-electron chi connectivity index (χ1n) is 10.3. The van der Waals surface area contributed by atoms with Gasteiger partial charge in [-0.2, -0.15) is 0 Å². The number of halogens is 4. The van der Waals surface area contributed by atoms with Crippen LogP contribution in [0.4, 0.5) is 10.5 Å². The smallest absolute Gasteiger partial charge is 0.298 e. The largest absolute Gasteiger partial charge is 0.490 e. The summed E-state index contributed by atoms with van der Waals surface area (Å²) in [6, 6.07) is 15.1. The predicted molar refractivity (Wildman–Crippen MR) is 143 cm³/mol. The van der Waals surface area contributed by atoms with E-state index < -0.39 is 11.1 Å². The average molecular weight is 569 g/mol. The minimum absolute atomic E-state index is 0.189. The van der Waals surface area contributed by atoms with Crippen LogP contribution in [0.1, 0.15) is 18.1 Å². The number of nitrogens with zero attached hydrogens (tertiary/aromatic N) is 1. The lowest BCUT2D eigenvalue weighted by Crippen LogP contribution is -2.27. The molecule has 1 saturated heterocycles. The zero-order valence-electron chi connectivity index (χ0n) is 18.2. The van der Waals surface area contributed by atoms with E-state index in [1.807, 2.05) is 6.92 Å². The summed E-state index contributed by atoms with van der Waals surface area (Å²) in [5, 5.41) is 1.17. The van der Waals surface area contributed by atoms with Gasteiger partial charge < -0.3 is 9.47 Å². The summed E-state index contributed by atoms with van der Waals surface area (Å²) in [5.74, 6) is 0.306. The maximum absolute atomic E-state index is 13.0. The van der Waals surface area contributed by atoms with Crippen molar-refractivity contribution in [3.63, 3.8) is 0 Å². The average Bonchev–Trinajstić information content (AvgIpc) is 3.08. The van der Waals surface area contributed by atoms with Crippen molar-refractivity contribution in [1.82, 2.24) is 0 Å². The lowest BCUT2D eigenvalue weighted by Gasteiger charge is -2.15. The van der Waals surface area contributed by atoms with E-state index in [-0.39, 0.29) is 16.5 Å². The van der Waals surface area contributed by atoms with Crippen molar-refractivity contribution < 1.29 is 19.1 Å². The Balaban J connectivity index is 1.60. The molecule has 1 fully saturated rings. The number of hydrogen-bond donors (Lipinski definition) is 0. The number of anilines is 1. The zero-order valence-corrected chi connectivity index (χ0v) is 22.0. The van der Waals surface area contributed by atoms with E-state index >= 15 is 0 Å². The van der Waals surface area contributed by atoms with Crippen LogP contribution in [0.25, 0.3) is 6.08 Å². The first kappa shape index (κ1) is 25.7. The van der Waals surface area contributed by atoms with Crippen LogP contribution in [0.15, 0.2) is 59.5 Å². The molecule has 0 aromatic heterocycles. The molecule has 0 aliphatic carbocycles. The zero-order chi connectivity index (χ0) is 25.1. The molecule has 0 N–H and O–H groups in total. The maximum Gasteiger partial charge on any atom is 0.298 e. The molecule has 0 bridgehead atoms. The third-order valence-electron chi connectivity index (χ3n) is 4.86. The highest BCUT2D eigenvalue weighted by Crippen LogP contribution is 2.40. The molecule has 0 unspecified atom stereocenters. The van der Waals surface area contributed by atoms with Gasteiger partial charge in [-0.05, 0) is 78.4 Å². The highest BCUT2D eigenvalue weighted by molar-refractivity contribution is 8.19. The molecule has 0 spiro atoms. The van der Waals surface area contributed by atoms with Gasteiger partial charge in [-0.15, -0.1) is 0 Å². The van der Waals surface area contributed by atoms with Gasteiger partial charge in [0.2, 0.25) is 0 Å². The topological polar surface area (TPSA) is 55.8 Å². The van der Waals surface area contributed by atoms with Crippen LogP contribution in [0.2, 0.25) is 20.1 Å². The third-order valence-corrected chi connectivity index (χ3v) is 6.98. The Hall–Kier alpha value is -2.35. The molecule has 10 heteroatoms. The van der Waals surface area contributed by atoms with Crippen LogP contribution < -0.4 is 14.4 Å². The molecule has 4 rings (SSSR count). The van der Waals surface area contributed by atoms with E-state index in [4.69, 9.17) is 55.9 Å². The molecule has 1 heterocycles. The van der Waals surface area contributed by atoms with Gasteiger partial charge in [0.1, 0.15) is 6.61 Å². The minimum atomic E-state index is -0.448. The molecule has 0 radical (unpaired) electrons. The number of hydrogen-bond acceptors (Lipinski definition) is 5. The van der Waals surface area contributed by atoms with Crippen LogP contribution >= 0.6 is 58.2 Å². The summed E-state index contributed by atoms with van der Waals surface area (Å²) in [5.41, 5.74) is 1.79. The number of imide groups is 1. The van der Waals surface area contributed by atoms with Crippen molar-refractivity contribution >= 4 is 81.1 Å². The Kier molecular flexibility index (Phi) is 8.19. The summed E-state index contributed by atoms with van der Waals surface area (Å²) in [4.78, 5) is 26.9. The number of thioether (sulfide) groups is 1. The molecule has 1 aliphatic rings. The maximum atomic E-state index is 13.0. The Bertz CT molecular complexity index is 1350. The van der Waals surface area contributed by atoms with E-state index in [1.54, 1.807) is 60.7 Å². The Morgan fingerprint density at radius 3 is 2.43 bits per heavy atom. The summed E-state index contributed by atoms with van der Waals surface area (Å²) >= 11 is 25.4. The summed E-state index contributed by atoms with van der Waals surface area (Å²) in [7, 11) is 0. The standard InChI is InChI=1S/C25H17Cl4NO4S/c1-2-33-21-10-15(9-20(29)23(21)34-13-14-6-7-18(27)19(28)8-14)11-22-24(31)30(25(32)35-22)17-5-3-4-16(26)12-17/h3-12H,2,13H2,1H3/b22-11+. The van der Waals surface area contributed by atoms with Gasteiger partial charge in [-0.25, -0.2) is 4.90 Å². The lowest BCUT2D eigenvalue weighted by molar-refractivity contribution is -0.113. The van der Waals surface area contributed by atoms with E-state index in [0.29, 0.717) is 44.4 Å². The quantitative estimate of drug-likeness (QED) is 0.267. The molecule has 0 saturated carbocycles. The van der Waals surface area contributed by atoms with Crippen LogP contribution in [0, 0.1) is 0 Å². The van der Waals surface area contributed by atoms with Gasteiger partial charge in [0.25, 0.3) is 11.1 Å². The Morgan fingerprint density at radius 2 is 1.71 bits per heavy atom. The fraction of sp³-hybridized carbons (Fsp3) is 0.120. The summed E-state index contributed by atoms with van der Waals surface area (Å²) in [6.45, 7) is 2.39. The van der Waals surface area contributed by atoms with Crippen molar-refractivity contribution in [2.45, 2.75) is 13.5 Å². The summed E-state index contributed by atoms with van der Waals surface area (Å²) in [6.07, 6.45) is 1.59. The van der Waals surface area contributed by atoms with E-state index in [0.717, 1.165) is 22.2 Å². The highest BCUT2D eigenvalue weighted by atomic mass is 35.5. The molecule has 5 nitrogen and oxygen atoms in total. The van der Waals surface area contributed by atoms with E-state index in [9.17, 15) is 9.59 Å².